The number of nitrogens with one attached hydrogen (secondary N) is 3. The SMILES string of the molecule is CCCC/C=C/CC(=O)NCCNCCNC(=O)C/C=C/CCCC. The van der Waals surface area contributed by atoms with Crippen LogP contribution < -0.4 is 16.0 Å². The Bertz CT molecular complexity index is 356. The summed E-state index contributed by atoms with van der Waals surface area (Å²) in [6.07, 6.45) is 15.7. The molecule has 0 spiro atoms. The van der Waals surface area contributed by atoms with Crippen molar-refractivity contribution >= 4 is 11.8 Å². The second kappa shape index (κ2) is 18.7. The Morgan fingerprint density at radius 1 is 0.680 bits per heavy atom. The van der Waals surface area contributed by atoms with Crippen LogP contribution in [0, 0.1) is 0 Å². The van der Waals surface area contributed by atoms with Crippen LogP contribution in [-0.2, 0) is 9.59 Å². The summed E-state index contributed by atoms with van der Waals surface area (Å²) in [5, 5.41) is 8.94. The third-order valence-electron chi connectivity index (χ3n) is 3.64. The molecule has 0 radical (unpaired) electrons. The Morgan fingerprint density at radius 2 is 1.12 bits per heavy atom. The lowest BCUT2D eigenvalue weighted by atomic mass is 10.2. The van der Waals surface area contributed by atoms with Crippen LogP contribution in [0.4, 0.5) is 0 Å². The van der Waals surface area contributed by atoms with Gasteiger partial charge < -0.3 is 16.0 Å². The first-order chi connectivity index (χ1) is 12.2. The number of rotatable bonds is 16. The summed E-state index contributed by atoms with van der Waals surface area (Å²) in [6.45, 7) is 6.94. The van der Waals surface area contributed by atoms with E-state index in [0.29, 0.717) is 39.0 Å². The van der Waals surface area contributed by atoms with Crippen LogP contribution in [0.5, 0.6) is 0 Å². The smallest absolute Gasteiger partial charge is 0.223 e. The van der Waals surface area contributed by atoms with E-state index in [0.717, 1.165) is 12.8 Å². The lowest BCUT2D eigenvalue weighted by molar-refractivity contribution is -0.120. The van der Waals surface area contributed by atoms with Gasteiger partial charge in [0.2, 0.25) is 11.8 Å². The maximum atomic E-state index is 11.6. The lowest BCUT2D eigenvalue weighted by Gasteiger charge is -2.07. The molecule has 2 amide bonds. The average molecular weight is 352 g/mol. The van der Waals surface area contributed by atoms with Gasteiger partial charge in [0.05, 0.1) is 0 Å². The fraction of sp³-hybridized carbons (Fsp3) is 0.700. The van der Waals surface area contributed by atoms with Gasteiger partial charge in [-0.05, 0) is 12.8 Å². The van der Waals surface area contributed by atoms with Gasteiger partial charge in [0.25, 0.3) is 0 Å². The third kappa shape index (κ3) is 18.6. The first-order valence-corrected chi connectivity index (χ1v) is 9.74. The second-order valence-corrected chi connectivity index (χ2v) is 6.09. The van der Waals surface area contributed by atoms with Crippen molar-refractivity contribution in [1.82, 2.24) is 16.0 Å². The van der Waals surface area contributed by atoms with E-state index in [1.165, 1.54) is 25.7 Å². The minimum absolute atomic E-state index is 0.0534. The zero-order chi connectivity index (χ0) is 18.6. The van der Waals surface area contributed by atoms with Crippen molar-refractivity contribution in [2.75, 3.05) is 26.2 Å². The predicted octanol–water partition coefficient (Wildman–Crippen LogP) is 3.08. The Labute approximate surface area is 153 Å². The standard InChI is InChI=1S/C20H37N3O2/c1-3-5-7-9-11-13-19(24)22-17-15-21-16-18-23-20(25)14-12-10-8-6-4-2/h9-12,21H,3-8,13-18H2,1-2H3,(H,22,24)(H,23,25)/b11-9+,12-10+. The molecule has 0 rings (SSSR count). The van der Waals surface area contributed by atoms with Gasteiger partial charge in [0.15, 0.2) is 0 Å². The summed E-state index contributed by atoms with van der Waals surface area (Å²) < 4.78 is 0. The second-order valence-electron chi connectivity index (χ2n) is 6.09. The van der Waals surface area contributed by atoms with Crippen molar-refractivity contribution in [1.29, 1.82) is 0 Å². The first-order valence-electron chi connectivity index (χ1n) is 9.74. The molecule has 0 aromatic rings. The van der Waals surface area contributed by atoms with E-state index in [4.69, 9.17) is 0 Å². The van der Waals surface area contributed by atoms with Gasteiger partial charge in [-0.3, -0.25) is 9.59 Å². The Balaban J connectivity index is 3.40. The first kappa shape index (κ1) is 23.4. The maximum Gasteiger partial charge on any atom is 0.223 e. The van der Waals surface area contributed by atoms with Crippen LogP contribution in [-0.4, -0.2) is 38.0 Å². The minimum Gasteiger partial charge on any atom is -0.355 e. The van der Waals surface area contributed by atoms with E-state index in [9.17, 15) is 9.59 Å². The van der Waals surface area contributed by atoms with Crippen molar-refractivity contribution in [3.63, 3.8) is 0 Å². The largest absolute Gasteiger partial charge is 0.355 e. The van der Waals surface area contributed by atoms with E-state index in [1.807, 2.05) is 12.2 Å². The van der Waals surface area contributed by atoms with E-state index in [-0.39, 0.29) is 11.8 Å². The topological polar surface area (TPSA) is 70.2 Å². The molecule has 25 heavy (non-hydrogen) atoms. The molecule has 0 aliphatic carbocycles. The summed E-state index contributed by atoms with van der Waals surface area (Å²) in [5.41, 5.74) is 0. The molecule has 5 nitrogen and oxygen atoms in total. The summed E-state index contributed by atoms with van der Waals surface area (Å²) >= 11 is 0. The predicted molar refractivity (Wildman–Crippen MR) is 105 cm³/mol. The summed E-state index contributed by atoms with van der Waals surface area (Å²) in [5.74, 6) is 0.107. The maximum absolute atomic E-state index is 11.6. The van der Waals surface area contributed by atoms with Crippen LogP contribution in [0.15, 0.2) is 24.3 Å². The van der Waals surface area contributed by atoms with Crippen LogP contribution in [0.25, 0.3) is 0 Å². The quantitative estimate of drug-likeness (QED) is 0.296. The number of carbonyl (C=O) groups excluding carboxylic acids is 2. The summed E-state index contributed by atoms with van der Waals surface area (Å²) in [4.78, 5) is 23.1. The number of hydrogen-bond donors (Lipinski definition) is 3. The normalized spacial score (nSPS) is 11.3. The number of hydrogen-bond acceptors (Lipinski definition) is 3. The van der Waals surface area contributed by atoms with Crippen LogP contribution in [0.1, 0.15) is 65.2 Å². The van der Waals surface area contributed by atoms with Crippen molar-refractivity contribution in [2.24, 2.45) is 0 Å². The molecule has 0 bridgehead atoms. The molecule has 5 heteroatoms. The Morgan fingerprint density at radius 3 is 1.52 bits per heavy atom. The van der Waals surface area contributed by atoms with Crippen LogP contribution >= 0.6 is 0 Å². The van der Waals surface area contributed by atoms with E-state index >= 15 is 0 Å². The molecular weight excluding hydrogens is 314 g/mol. The lowest BCUT2D eigenvalue weighted by Crippen LogP contribution is -2.36. The molecule has 0 saturated carbocycles. The molecule has 0 aromatic carbocycles. The average Bonchev–Trinajstić information content (AvgIpc) is 2.60. The molecule has 0 atom stereocenters. The molecule has 144 valence electrons. The monoisotopic (exact) mass is 351 g/mol. The van der Waals surface area contributed by atoms with E-state index < -0.39 is 0 Å². The zero-order valence-corrected chi connectivity index (χ0v) is 16.1. The molecule has 0 fully saturated rings. The third-order valence-corrected chi connectivity index (χ3v) is 3.64. The van der Waals surface area contributed by atoms with Gasteiger partial charge in [0, 0.05) is 39.0 Å². The zero-order valence-electron chi connectivity index (χ0n) is 16.1. The highest BCUT2D eigenvalue weighted by Crippen LogP contribution is 1.96. The molecule has 0 aliphatic heterocycles. The van der Waals surface area contributed by atoms with Gasteiger partial charge in [-0.2, -0.15) is 0 Å². The molecule has 3 N–H and O–H groups in total. The van der Waals surface area contributed by atoms with Gasteiger partial charge in [-0.25, -0.2) is 0 Å². The fourth-order valence-corrected chi connectivity index (χ4v) is 2.11. The minimum atomic E-state index is 0.0534. The van der Waals surface area contributed by atoms with Crippen LogP contribution in [0.3, 0.4) is 0 Å². The molecule has 0 unspecified atom stereocenters. The van der Waals surface area contributed by atoms with Gasteiger partial charge >= 0.3 is 0 Å². The number of carbonyl (C=O) groups is 2. The molecule has 0 saturated heterocycles. The van der Waals surface area contributed by atoms with E-state index in [1.54, 1.807) is 0 Å². The highest BCUT2D eigenvalue weighted by molar-refractivity contribution is 5.77. The number of amides is 2. The molecular formula is C20H37N3O2. The number of unbranched alkanes of at least 4 members (excludes halogenated alkanes) is 4. The summed E-state index contributed by atoms with van der Waals surface area (Å²) in [6, 6.07) is 0. The Kier molecular flexibility index (Phi) is 17.5. The van der Waals surface area contributed by atoms with Crippen molar-refractivity contribution < 1.29 is 9.59 Å². The van der Waals surface area contributed by atoms with Crippen LogP contribution in [0.2, 0.25) is 0 Å². The van der Waals surface area contributed by atoms with Crippen molar-refractivity contribution in [3.05, 3.63) is 24.3 Å². The van der Waals surface area contributed by atoms with Crippen molar-refractivity contribution in [2.45, 2.75) is 65.2 Å². The highest BCUT2D eigenvalue weighted by atomic mass is 16.2. The number of allylic oxidation sites excluding steroid dienone is 2. The fourth-order valence-electron chi connectivity index (χ4n) is 2.11. The molecule has 0 aliphatic rings. The van der Waals surface area contributed by atoms with E-state index in [2.05, 4.69) is 41.9 Å². The molecule has 0 aromatic heterocycles. The van der Waals surface area contributed by atoms with Crippen molar-refractivity contribution in [3.8, 4) is 0 Å². The molecule has 0 heterocycles. The Hall–Kier alpha value is -1.62. The van der Waals surface area contributed by atoms with Gasteiger partial charge in [-0.1, -0.05) is 63.8 Å². The highest BCUT2D eigenvalue weighted by Gasteiger charge is 1.98. The van der Waals surface area contributed by atoms with Gasteiger partial charge in [-0.15, -0.1) is 0 Å². The van der Waals surface area contributed by atoms with Gasteiger partial charge in [0.1, 0.15) is 0 Å². The summed E-state index contributed by atoms with van der Waals surface area (Å²) in [7, 11) is 0.